The maximum absolute atomic E-state index is 10.0. The first-order valence-electron chi connectivity index (χ1n) is 1.91. The molecule has 1 aliphatic rings. The molecule has 1 saturated heterocycles. The van der Waals surface area contributed by atoms with Gasteiger partial charge in [-0.15, -0.1) is 0 Å². The Hall–Kier alpha value is -0.380. The van der Waals surface area contributed by atoms with Crippen LogP contribution in [0.25, 0.3) is 0 Å². The minimum Gasteiger partial charge on any atom is -0.336 e. The van der Waals surface area contributed by atoms with E-state index < -0.39 is 0 Å². The lowest BCUT2D eigenvalue weighted by Gasteiger charge is -1.80. The average Bonchev–Trinajstić information content (AvgIpc) is 1.86. The summed E-state index contributed by atoms with van der Waals surface area (Å²) in [6, 6.07) is -0.0463. The first-order chi connectivity index (χ1) is 2.89. The number of carbonyl (C=O) groups is 1. The maximum Gasteiger partial charge on any atom is 0.314 e. The molecule has 1 heterocycles. The second kappa shape index (κ2) is 2.74. The number of hydrogen-bond acceptors (Lipinski definition) is 1. The van der Waals surface area contributed by atoms with Gasteiger partial charge in [0.1, 0.15) is 0 Å². The van der Waals surface area contributed by atoms with Crippen molar-refractivity contribution in [1.82, 2.24) is 10.6 Å². The summed E-state index contributed by atoms with van der Waals surface area (Å²) in [6.45, 7) is 1.55. The average molecular weight is 120 g/mol. The third-order valence-electron chi connectivity index (χ3n) is 0.696. The standard InChI is InChI=1S/C3H6N2O.H2S/c6-3-4-1-2-5-3;/h1-2H2,(H2,4,5,6);1H2. The second-order valence-electron chi connectivity index (χ2n) is 1.18. The van der Waals surface area contributed by atoms with Crippen molar-refractivity contribution in [3.63, 3.8) is 0 Å². The van der Waals surface area contributed by atoms with Gasteiger partial charge in [-0.3, -0.25) is 0 Å². The van der Waals surface area contributed by atoms with Crippen molar-refractivity contribution >= 4 is 19.5 Å². The molecular formula is C3H8N2OS. The van der Waals surface area contributed by atoms with E-state index in [2.05, 4.69) is 10.6 Å². The van der Waals surface area contributed by atoms with E-state index in [1.165, 1.54) is 0 Å². The number of nitrogens with one attached hydrogen (secondary N) is 2. The Bertz CT molecular complexity index is 67.3. The molecule has 1 rings (SSSR count). The number of amides is 2. The van der Waals surface area contributed by atoms with Crippen LogP contribution in [0.3, 0.4) is 0 Å². The summed E-state index contributed by atoms with van der Waals surface area (Å²) in [5.41, 5.74) is 0. The molecule has 4 heteroatoms. The lowest BCUT2D eigenvalue weighted by Crippen LogP contribution is -2.20. The Labute approximate surface area is 48.9 Å². The molecule has 0 aromatic heterocycles. The summed E-state index contributed by atoms with van der Waals surface area (Å²) in [7, 11) is 0. The number of carbonyl (C=O) groups excluding carboxylic acids is 1. The first-order valence-corrected chi connectivity index (χ1v) is 1.91. The van der Waals surface area contributed by atoms with Crippen LogP contribution in [0.4, 0.5) is 4.79 Å². The highest BCUT2D eigenvalue weighted by Gasteiger charge is 2.02. The van der Waals surface area contributed by atoms with Crippen molar-refractivity contribution in [2.45, 2.75) is 0 Å². The highest BCUT2D eigenvalue weighted by molar-refractivity contribution is 7.59. The van der Waals surface area contributed by atoms with Gasteiger partial charge in [-0.05, 0) is 0 Å². The fourth-order valence-corrected chi connectivity index (χ4v) is 0.415. The van der Waals surface area contributed by atoms with Gasteiger partial charge in [0, 0.05) is 13.1 Å². The Morgan fingerprint density at radius 3 is 1.86 bits per heavy atom. The second-order valence-corrected chi connectivity index (χ2v) is 1.18. The zero-order valence-electron chi connectivity index (χ0n) is 3.82. The van der Waals surface area contributed by atoms with E-state index in [0.29, 0.717) is 0 Å². The van der Waals surface area contributed by atoms with E-state index in [-0.39, 0.29) is 19.5 Å². The third-order valence-corrected chi connectivity index (χ3v) is 0.696. The van der Waals surface area contributed by atoms with Gasteiger partial charge in [0.05, 0.1) is 0 Å². The van der Waals surface area contributed by atoms with Crippen LogP contribution in [-0.2, 0) is 0 Å². The molecule has 1 fully saturated rings. The topological polar surface area (TPSA) is 41.1 Å². The van der Waals surface area contributed by atoms with E-state index in [9.17, 15) is 4.79 Å². The molecule has 0 saturated carbocycles. The Kier molecular flexibility index (Phi) is 2.59. The molecular weight excluding hydrogens is 112 g/mol. The fourth-order valence-electron chi connectivity index (χ4n) is 0.415. The maximum atomic E-state index is 10.0. The number of hydrogen-bond donors (Lipinski definition) is 2. The van der Waals surface area contributed by atoms with Gasteiger partial charge in [0.15, 0.2) is 0 Å². The molecule has 0 unspecified atom stereocenters. The third kappa shape index (κ3) is 1.68. The SMILES string of the molecule is O=C1NCCN1.S. The molecule has 0 aromatic rings. The van der Waals surface area contributed by atoms with Gasteiger partial charge in [0.25, 0.3) is 0 Å². The van der Waals surface area contributed by atoms with Crippen LogP contribution < -0.4 is 10.6 Å². The molecule has 42 valence electrons. The molecule has 0 aromatic carbocycles. The number of urea groups is 1. The van der Waals surface area contributed by atoms with Gasteiger partial charge >= 0.3 is 6.03 Å². The predicted octanol–water partition coefficient (Wildman–Crippen LogP) is -0.588. The lowest BCUT2D eigenvalue weighted by atomic mass is 10.7. The van der Waals surface area contributed by atoms with Gasteiger partial charge in [-0.25, -0.2) is 4.79 Å². The van der Waals surface area contributed by atoms with Crippen LogP contribution in [0.2, 0.25) is 0 Å². The lowest BCUT2D eigenvalue weighted by molar-refractivity contribution is 0.248. The van der Waals surface area contributed by atoms with Crippen LogP contribution in [-0.4, -0.2) is 19.1 Å². The zero-order chi connectivity index (χ0) is 4.41. The van der Waals surface area contributed by atoms with Crippen molar-refractivity contribution in [2.75, 3.05) is 13.1 Å². The molecule has 0 spiro atoms. The van der Waals surface area contributed by atoms with Gasteiger partial charge in [-0.2, -0.15) is 13.5 Å². The van der Waals surface area contributed by atoms with Crippen LogP contribution in [0.15, 0.2) is 0 Å². The molecule has 2 N–H and O–H groups in total. The fraction of sp³-hybridized carbons (Fsp3) is 0.667. The van der Waals surface area contributed by atoms with E-state index in [1.807, 2.05) is 0 Å². The summed E-state index contributed by atoms with van der Waals surface area (Å²) in [5, 5.41) is 5.14. The Morgan fingerprint density at radius 1 is 1.29 bits per heavy atom. The zero-order valence-corrected chi connectivity index (χ0v) is 4.82. The van der Waals surface area contributed by atoms with Crippen LogP contribution in [0.1, 0.15) is 0 Å². The summed E-state index contributed by atoms with van der Waals surface area (Å²) in [6.07, 6.45) is 0. The predicted molar refractivity (Wildman–Crippen MR) is 31.8 cm³/mol. The highest BCUT2D eigenvalue weighted by Crippen LogP contribution is 1.69. The first kappa shape index (κ1) is 6.62. The Balaban J connectivity index is 0.000000360. The largest absolute Gasteiger partial charge is 0.336 e. The van der Waals surface area contributed by atoms with Crippen molar-refractivity contribution in [2.24, 2.45) is 0 Å². The molecule has 2 amide bonds. The molecule has 0 aliphatic carbocycles. The number of rotatable bonds is 0. The van der Waals surface area contributed by atoms with Crippen molar-refractivity contribution in [3.05, 3.63) is 0 Å². The van der Waals surface area contributed by atoms with Gasteiger partial charge in [-0.1, -0.05) is 0 Å². The molecule has 0 bridgehead atoms. The molecule has 7 heavy (non-hydrogen) atoms. The molecule has 1 aliphatic heterocycles. The molecule has 3 nitrogen and oxygen atoms in total. The summed E-state index contributed by atoms with van der Waals surface area (Å²) in [5.74, 6) is 0. The van der Waals surface area contributed by atoms with E-state index >= 15 is 0 Å². The minimum atomic E-state index is -0.0463. The Morgan fingerprint density at radius 2 is 1.71 bits per heavy atom. The summed E-state index contributed by atoms with van der Waals surface area (Å²) in [4.78, 5) is 10.0. The van der Waals surface area contributed by atoms with Crippen molar-refractivity contribution in [1.29, 1.82) is 0 Å². The van der Waals surface area contributed by atoms with Crippen molar-refractivity contribution < 1.29 is 4.79 Å². The monoisotopic (exact) mass is 120 g/mol. The normalized spacial score (nSPS) is 16.9. The van der Waals surface area contributed by atoms with Crippen LogP contribution >= 0.6 is 13.5 Å². The minimum absolute atomic E-state index is 0. The summed E-state index contributed by atoms with van der Waals surface area (Å²) >= 11 is 0. The summed E-state index contributed by atoms with van der Waals surface area (Å²) < 4.78 is 0. The highest BCUT2D eigenvalue weighted by atomic mass is 32.1. The molecule has 0 atom stereocenters. The van der Waals surface area contributed by atoms with Crippen LogP contribution in [0, 0.1) is 0 Å². The van der Waals surface area contributed by atoms with E-state index in [1.54, 1.807) is 0 Å². The van der Waals surface area contributed by atoms with E-state index in [0.717, 1.165) is 13.1 Å². The van der Waals surface area contributed by atoms with Gasteiger partial charge < -0.3 is 10.6 Å². The van der Waals surface area contributed by atoms with Gasteiger partial charge in [0.2, 0.25) is 0 Å². The smallest absolute Gasteiger partial charge is 0.314 e. The quantitative estimate of drug-likeness (QED) is 0.441. The van der Waals surface area contributed by atoms with Crippen LogP contribution in [0.5, 0.6) is 0 Å². The molecule has 0 radical (unpaired) electrons. The van der Waals surface area contributed by atoms with Crippen molar-refractivity contribution in [3.8, 4) is 0 Å². The van der Waals surface area contributed by atoms with E-state index in [4.69, 9.17) is 0 Å².